The Balaban J connectivity index is 1.62. The highest BCUT2D eigenvalue weighted by Gasteiger charge is 2.13. The van der Waals surface area contributed by atoms with Gasteiger partial charge in [0, 0.05) is 38.0 Å². The highest BCUT2D eigenvalue weighted by Crippen LogP contribution is 2.22. The zero-order valence-electron chi connectivity index (χ0n) is 14.8. The summed E-state index contributed by atoms with van der Waals surface area (Å²) in [7, 11) is 0. The molecule has 0 aliphatic heterocycles. The van der Waals surface area contributed by atoms with Crippen molar-refractivity contribution in [2.24, 2.45) is 5.92 Å². The van der Waals surface area contributed by atoms with Crippen LogP contribution in [0.1, 0.15) is 18.5 Å². The quantitative estimate of drug-likeness (QED) is 0.489. The number of hydrogen-bond acceptors (Lipinski definition) is 7. The summed E-state index contributed by atoms with van der Waals surface area (Å²) in [4.78, 5) is 23.5. The summed E-state index contributed by atoms with van der Waals surface area (Å²) in [6.07, 6.45) is 3.62. The summed E-state index contributed by atoms with van der Waals surface area (Å²) in [5, 5.41) is 15.0. The Morgan fingerprint density at radius 2 is 2.19 bits per heavy atom. The van der Waals surface area contributed by atoms with Crippen molar-refractivity contribution in [3.05, 3.63) is 48.0 Å². The van der Waals surface area contributed by atoms with Crippen molar-refractivity contribution in [2.45, 2.75) is 19.9 Å². The van der Waals surface area contributed by atoms with Gasteiger partial charge in [-0.2, -0.15) is 0 Å². The third-order valence-corrected chi connectivity index (χ3v) is 4.00. The molecule has 0 bridgehead atoms. The van der Waals surface area contributed by atoms with Gasteiger partial charge in [-0.05, 0) is 12.1 Å². The molecule has 142 valence electrons. The van der Waals surface area contributed by atoms with Crippen molar-refractivity contribution in [1.82, 2.24) is 20.3 Å². The Bertz CT molecular complexity index is 930. The largest absolute Gasteiger partial charge is 0.481 e. The number of oxazole rings is 1. The number of carbonyl (C=O) groups is 1. The van der Waals surface area contributed by atoms with E-state index in [0.29, 0.717) is 42.3 Å². The Hall–Kier alpha value is -3.07. The molecule has 0 radical (unpaired) electrons. The molecule has 1 unspecified atom stereocenters. The number of carboxylic acid groups (broad SMARTS) is 1. The van der Waals surface area contributed by atoms with Gasteiger partial charge in [-0.1, -0.05) is 6.92 Å². The molecule has 0 aliphatic rings. The molecule has 9 heteroatoms. The Labute approximate surface area is 154 Å². The molecular formula is C18H20FN5O3. The van der Waals surface area contributed by atoms with E-state index in [1.54, 1.807) is 19.2 Å². The summed E-state index contributed by atoms with van der Waals surface area (Å²) >= 11 is 0. The molecule has 0 aliphatic carbocycles. The lowest BCUT2D eigenvalue weighted by Crippen LogP contribution is -2.27. The number of fused-ring (bicyclic) bond motifs is 1. The molecule has 0 spiro atoms. The lowest BCUT2D eigenvalue weighted by molar-refractivity contribution is -0.140. The molecule has 0 aromatic carbocycles. The van der Waals surface area contributed by atoms with Gasteiger partial charge < -0.3 is 20.2 Å². The van der Waals surface area contributed by atoms with Crippen molar-refractivity contribution < 1.29 is 18.7 Å². The van der Waals surface area contributed by atoms with Gasteiger partial charge in [0.2, 0.25) is 0 Å². The van der Waals surface area contributed by atoms with E-state index in [0.717, 1.165) is 0 Å². The minimum absolute atomic E-state index is 0.176. The van der Waals surface area contributed by atoms with Crippen LogP contribution in [0.3, 0.4) is 0 Å². The minimum Gasteiger partial charge on any atom is -0.481 e. The maximum Gasteiger partial charge on any atom is 0.307 e. The number of anilines is 1. The van der Waals surface area contributed by atoms with Crippen LogP contribution in [0.15, 0.2) is 35.0 Å². The smallest absolute Gasteiger partial charge is 0.307 e. The summed E-state index contributed by atoms with van der Waals surface area (Å²) in [6.45, 7) is 2.73. The molecule has 27 heavy (non-hydrogen) atoms. The fraction of sp³-hybridized carbons (Fsp3) is 0.333. The van der Waals surface area contributed by atoms with E-state index in [9.17, 15) is 9.18 Å². The van der Waals surface area contributed by atoms with Gasteiger partial charge >= 0.3 is 5.97 Å². The van der Waals surface area contributed by atoms with Crippen LogP contribution in [0.2, 0.25) is 0 Å². The first-order valence-corrected chi connectivity index (χ1v) is 8.56. The number of nitrogens with zero attached hydrogens (tertiary/aromatic N) is 3. The average molecular weight is 373 g/mol. The predicted octanol–water partition coefficient (Wildman–Crippen LogP) is 2.22. The molecule has 8 nitrogen and oxygen atoms in total. The second kappa shape index (κ2) is 8.54. The molecule has 3 rings (SSSR count). The van der Waals surface area contributed by atoms with Crippen molar-refractivity contribution in [2.75, 3.05) is 18.4 Å². The van der Waals surface area contributed by atoms with E-state index >= 15 is 0 Å². The van der Waals surface area contributed by atoms with E-state index in [2.05, 4.69) is 25.6 Å². The first-order chi connectivity index (χ1) is 13.0. The number of carboxylic acids is 1. The highest BCUT2D eigenvalue weighted by molar-refractivity contribution is 5.83. The maximum absolute atomic E-state index is 13.7. The molecule has 3 aromatic heterocycles. The van der Waals surface area contributed by atoms with Crippen molar-refractivity contribution in [3.8, 4) is 0 Å². The van der Waals surface area contributed by atoms with E-state index in [-0.39, 0.29) is 18.1 Å². The SMILES string of the molecule is CC(CNCCc1nc2c(NCc3ncccc3F)nccc2o1)C(=O)O. The number of halogens is 1. The van der Waals surface area contributed by atoms with Crippen LogP contribution in [-0.4, -0.2) is 39.1 Å². The van der Waals surface area contributed by atoms with Gasteiger partial charge in [0.1, 0.15) is 5.82 Å². The van der Waals surface area contributed by atoms with E-state index in [4.69, 9.17) is 9.52 Å². The van der Waals surface area contributed by atoms with Gasteiger partial charge in [-0.3, -0.25) is 9.78 Å². The second-order valence-electron chi connectivity index (χ2n) is 6.09. The van der Waals surface area contributed by atoms with Crippen molar-refractivity contribution in [3.63, 3.8) is 0 Å². The first-order valence-electron chi connectivity index (χ1n) is 8.56. The number of aromatic nitrogens is 3. The molecule has 1 atom stereocenters. The first kappa shape index (κ1) is 18.7. The molecule has 3 heterocycles. The fourth-order valence-electron chi connectivity index (χ4n) is 2.45. The van der Waals surface area contributed by atoms with Crippen LogP contribution in [0.25, 0.3) is 11.1 Å². The predicted molar refractivity (Wildman–Crippen MR) is 96.7 cm³/mol. The molecule has 3 N–H and O–H groups in total. The molecular weight excluding hydrogens is 353 g/mol. The highest BCUT2D eigenvalue weighted by atomic mass is 19.1. The zero-order valence-corrected chi connectivity index (χ0v) is 14.8. The van der Waals surface area contributed by atoms with Gasteiger partial charge in [0.15, 0.2) is 22.8 Å². The molecule has 0 saturated heterocycles. The van der Waals surface area contributed by atoms with Gasteiger partial charge in [-0.15, -0.1) is 0 Å². The third kappa shape index (κ3) is 4.76. The number of rotatable bonds is 9. The van der Waals surface area contributed by atoms with Crippen LogP contribution in [-0.2, 0) is 17.8 Å². The van der Waals surface area contributed by atoms with Crippen LogP contribution < -0.4 is 10.6 Å². The van der Waals surface area contributed by atoms with Crippen molar-refractivity contribution in [1.29, 1.82) is 0 Å². The Kier molecular flexibility index (Phi) is 5.92. The lowest BCUT2D eigenvalue weighted by Gasteiger charge is -2.06. The van der Waals surface area contributed by atoms with Crippen LogP contribution in [0.4, 0.5) is 10.2 Å². The number of aliphatic carboxylic acids is 1. The normalized spacial score (nSPS) is 12.2. The van der Waals surface area contributed by atoms with Crippen LogP contribution in [0, 0.1) is 11.7 Å². The lowest BCUT2D eigenvalue weighted by atomic mass is 10.2. The standard InChI is InChI=1S/C18H20FN5O3/c1-11(18(25)26)9-20-7-5-15-24-16-14(27-15)4-8-22-17(16)23-10-13-12(19)3-2-6-21-13/h2-4,6,8,11,20H,5,7,9-10H2,1H3,(H,22,23)(H,25,26). The number of hydrogen-bond donors (Lipinski definition) is 3. The monoisotopic (exact) mass is 373 g/mol. The maximum atomic E-state index is 13.7. The minimum atomic E-state index is -0.838. The summed E-state index contributed by atoms with van der Waals surface area (Å²) < 4.78 is 19.4. The Morgan fingerprint density at radius 1 is 1.33 bits per heavy atom. The topological polar surface area (TPSA) is 113 Å². The van der Waals surface area contributed by atoms with E-state index < -0.39 is 11.9 Å². The third-order valence-electron chi connectivity index (χ3n) is 4.00. The van der Waals surface area contributed by atoms with Crippen molar-refractivity contribution >= 4 is 22.9 Å². The molecule has 3 aromatic rings. The van der Waals surface area contributed by atoms with Gasteiger partial charge in [0.05, 0.1) is 18.2 Å². The van der Waals surface area contributed by atoms with E-state index in [1.807, 2.05) is 0 Å². The van der Waals surface area contributed by atoms with Gasteiger partial charge in [-0.25, -0.2) is 14.4 Å². The van der Waals surface area contributed by atoms with E-state index in [1.165, 1.54) is 18.3 Å². The van der Waals surface area contributed by atoms with Crippen LogP contribution in [0.5, 0.6) is 0 Å². The fourth-order valence-corrected chi connectivity index (χ4v) is 2.45. The summed E-state index contributed by atoms with van der Waals surface area (Å²) in [5.74, 6) is -0.684. The van der Waals surface area contributed by atoms with Gasteiger partial charge in [0.25, 0.3) is 0 Å². The second-order valence-corrected chi connectivity index (χ2v) is 6.09. The van der Waals surface area contributed by atoms with Crippen LogP contribution >= 0.6 is 0 Å². The molecule has 0 amide bonds. The summed E-state index contributed by atoms with van der Waals surface area (Å²) in [5.41, 5.74) is 1.42. The number of nitrogens with one attached hydrogen (secondary N) is 2. The summed E-state index contributed by atoms with van der Waals surface area (Å²) in [6, 6.07) is 4.59. The molecule has 0 fully saturated rings. The Morgan fingerprint density at radius 3 is 2.96 bits per heavy atom. The number of pyridine rings is 2. The average Bonchev–Trinajstić information content (AvgIpc) is 3.08. The molecule has 0 saturated carbocycles. The zero-order chi connectivity index (χ0) is 19.2.